The number of nitrogens with one attached hydrogen (secondary N) is 1. The Morgan fingerprint density at radius 2 is 1.79 bits per heavy atom. The number of aromatic nitrogens is 1. The van der Waals surface area contributed by atoms with Crippen molar-refractivity contribution in [1.82, 2.24) is 4.98 Å². The molecule has 1 aliphatic heterocycles. The third kappa shape index (κ3) is 1.51. The Labute approximate surface area is 112 Å². The van der Waals surface area contributed by atoms with Gasteiger partial charge >= 0.3 is 0 Å². The Morgan fingerprint density at radius 3 is 2.63 bits per heavy atom. The highest BCUT2D eigenvalue weighted by Gasteiger charge is 2.18. The number of nitrogens with zero attached hydrogens (tertiary/aromatic N) is 1. The van der Waals surface area contributed by atoms with Crippen LogP contribution in [0.25, 0.3) is 21.8 Å². The molecule has 2 aromatic carbocycles. The maximum absolute atomic E-state index is 6.14. The Kier molecular flexibility index (Phi) is 2.21. The molecule has 96 valence electrons. The zero-order valence-electron chi connectivity index (χ0n) is 10.8. The summed E-state index contributed by atoms with van der Waals surface area (Å²) < 4.78 is 0. The van der Waals surface area contributed by atoms with Gasteiger partial charge in [-0.05, 0) is 31.0 Å². The highest BCUT2D eigenvalue weighted by Crippen LogP contribution is 2.37. The van der Waals surface area contributed by atoms with Gasteiger partial charge in [0.25, 0.3) is 0 Å². The van der Waals surface area contributed by atoms with Gasteiger partial charge < -0.3 is 15.6 Å². The van der Waals surface area contributed by atoms with E-state index in [0.29, 0.717) is 0 Å². The number of rotatable bonds is 1. The number of nitrogen functional groups attached to an aromatic ring is 1. The lowest BCUT2D eigenvalue weighted by molar-refractivity contribution is 0.949. The van der Waals surface area contributed by atoms with E-state index < -0.39 is 0 Å². The maximum Gasteiger partial charge on any atom is 0.0719 e. The largest absolute Gasteiger partial charge is 0.397 e. The predicted octanol–water partition coefficient (Wildman–Crippen LogP) is 3.50. The monoisotopic (exact) mass is 251 g/mol. The Hall–Kier alpha value is -2.16. The Bertz CT molecular complexity index is 751. The highest BCUT2D eigenvalue weighted by atomic mass is 15.1. The lowest BCUT2D eigenvalue weighted by Gasteiger charge is -2.19. The van der Waals surface area contributed by atoms with E-state index in [2.05, 4.69) is 40.2 Å². The molecule has 1 aromatic heterocycles. The molecule has 0 spiro atoms. The smallest absolute Gasteiger partial charge is 0.0719 e. The summed E-state index contributed by atoms with van der Waals surface area (Å²) in [6.45, 7) is 2.30. The van der Waals surface area contributed by atoms with Crippen molar-refractivity contribution < 1.29 is 0 Å². The lowest BCUT2D eigenvalue weighted by Crippen LogP contribution is -2.17. The summed E-state index contributed by atoms with van der Waals surface area (Å²) in [5.74, 6) is 0. The summed E-state index contributed by atoms with van der Waals surface area (Å²) in [5.41, 5.74) is 10.5. The van der Waals surface area contributed by atoms with Crippen LogP contribution in [0.4, 0.5) is 11.4 Å². The zero-order chi connectivity index (χ0) is 12.8. The molecule has 3 heteroatoms. The average Bonchev–Trinajstić information content (AvgIpc) is 3.06. The van der Waals surface area contributed by atoms with Crippen molar-refractivity contribution in [3.05, 3.63) is 36.4 Å². The van der Waals surface area contributed by atoms with Crippen LogP contribution in [0.3, 0.4) is 0 Å². The topological polar surface area (TPSA) is 45.0 Å². The first-order valence-electron chi connectivity index (χ1n) is 6.88. The molecule has 0 unspecified atom stereocenters. The first-order valence-corrected chi connectivity index (χ1v) is 6.88. The fourth-order valence-electron chi connectivity index (χ4n) is 3.18. The van der Waals surface area contributed by atoms with Crippen LogP contribution in [0, 0.1) is 0 Å². The van der Waals surface area contributed by atoms with Crippen LogP contribution in [-0.4, -0.2) is 18.1 Å². The van der Waals surface area contributed by atoms with Gasteiger partial charge in [-0.3, -0.25) is 0 Å². The van der Waals surface area contributed by atoms with Gasteiger partial charge in [0.15, 0.2) is 0 Å². The minimum atomic E-state index is 0.828. The number of benzene rings is 2. The van der Waals surface area contributed by atoms with Crippen LogP contribution in [0.2, 0.25) is 0 Å². The van der Waals surface area contributed by atoms with Gasteiger partial charge in [-0.1, -0.05) is 18.2 Å². The second-order valence-corrected chi connectivity index (χ2v) is 5.29. The van der Waals surface area contributed by atoms with E-state index in [1.165, 1.54) is 29.3 Å². The molecule has 0 atom stereocenters. The lowest BCUT2D eigenvalue weighted by atomic mass is 10.1. The van der Waals surface area contributed by atoms with E-state index in [4.69, 9.17) is 5.73 Å². The van der Waals surface area contributed by atoms with Gasteiger partial charge in [-0.15, -0.1) is 0 Å². The van der Waals surface area contributed by atoms with Crippen molar-refractivity contribution in [1.29, 1.82) is 0 Å². The fraction of sp³-hybridized carbons (Fsp3) is 0.250. The van der Waals surface area contributed by atoms with Gasteiger partial charge in [-0.25, -0.2) is 0 Å². The van der Waals surface area contributed by atoms with Gasteiger partial charge in [-0.2, -0.15) is 0 Å². The molecule has 0 bridgehead atoms. The van der Waals surface area contributed by atoms with E-state index in [1.54, 1.807) is 0 Å². The number of H-pyrrole nitrogens is 1. The summed E-state index contributed by atoms with van der Waals surface area (Å²) in [6, 6.07) is 12.6. The number of aromatic amines is 1. The SMILES string of the molecule is Nc1ccc(N2CCCC2)c2c1[nH]c1ccccc12. The molecule has 1 fully saturated rings. The van der Waals surface area contributed by atoms with E-state index in [0.717, 1.165) is 29.8 Å². The van der Waals surface area contributed by atoms with E-state index in [9.17, 15) is 0 Å². The molecular formula is C16H17N3. The minimum Gasteiger partial charge on any atom is -0.397 e. The Morgan fingerprint density at radius 1 is 1.00 bits per heavy atom. The molecule has 19 heavy (non-hydrogen) atoms. The number of fused-ring (bicyclic) bond motifs is 3. The first-order chi connectivity index (χ1) is 9.34. The second kappa shape index (κ2) is 3.92. The summed E-state index contributed by atoms with van der Waals surface area (Å²) in [5, 5.41) is 2.55. The van der Waals surface area contributed by atoms with Gasteiger partial charge in [0.05, 0.1) is 11.2 Å². The predicted molar refractivity (Wildman–Crippen MR) is 81.7 cm³/mol. The van der Waals surface area contributed by atoms with Gasteiger partial charge in [0.2, 0.25) is 0 Å². The number of nitrogens with two attached hydrogens (primary N) is 1. The van der Waals surface area contributed by atoms with Gasteiger partial charge in [0.1, 0.15) is 0 Å². The second-order valence-electron chi connectivity index (χ2n) is 5.29. The van der Waals surface area contributed by atoms with Crippen molar-refractivity contribution in [3.8, 4) is 0 Å². The standard InChI is InChI=1S/C16H17N3/c17-12-7-8-14(19-9-3-4-10-19)15-11-5-1-2-6-13(11)18-16(12)15/h1-2,5-8,18H,3-4,9-10,17H2. The molecule has 1 aliphatic rings. The highest BCUT2D eigenvalue weighted by molar-refractivity contribution is 6.16. The van der Waals surface area contributed by atoms with Crippen molar-refractivity contribution in [2.75, 3.05) is 23.7 Å². The molecule has 4 rings (SSSR count). The summed E-state index contributed by atoms with van der Waals surface area (Å²) in [7, 11) is 0. The maximum atomic E-state index is 6.14. The molecule has 0 amide bonds. The average molecular weight is 251 g/mol. The molecule has 3 N–H and O–H groups in total. The molecule has 3 aromatic rings. The van der Waals surface area contributed by atoms with Crippen molar-refractivity contribution in [2.45, 2.75) is 12.8 Å². The van der Waals surface area contributed by atoms with Crippen LogP contribution < -0.4 is 10.6 Å². The summed E-state index contributed by atoms with van der Waals surface area (Å²) in [6.07, 6.45) is 2.57. The summed E-state index contributed by atoms with van der Waals surface area (Å²) >= 11 is 0. The van der Waals surface area contributed by atoms with E-state index >= 15 is 0 Å². The fourth-order valence-corrected chi connectivity index (χ4v) is 3.18. The van der Waals surface area contributed by atoms with Crippen LogP contribution in [-0.2, 0) is 0 Å². The van der Waals surface area contributed by atoms with Gasteiger partial charge in [0, 0.05) is 35.1 Å². The number of para-hydroxylation sites is 1. The summed E-state index contributed by atoms with van der Waals surface area (Å²) in [4.78, 5) is 5.93. The van der Waals surface area contributed by atoms with Crippen molar-refractivity contribution in [2.24, 2.45) is 0 Å². The van der Waals surface area contributed by atoms with E-state index in [-0.39, 0.29) is 0 Å². The van der Waals surface area contributed by atoms with Crippen molar-refractivity contribution in [3.63, 3.8) is 0 Å². The molecule has 0 aliphatic carbocycles. The number of hydrogen-bond donors (Lipinski definition) is 2. The van der Waals surface area contributed by atoms with Crippen molar-refractivity contribution >= 4 is 33.2 Å². The van der Waals surface area contributed by atoms with Crippen LogP contribution in [0.15, 0.2) is 36.4 Å². The molecule has 0 radical (unpaired) electrons. The first kappa shape index (κ1) is 10.7. The number of hydrogen-bond acceptors (Lipinski definition) is 2. The van der Waals surface area contributed by atoms with Crippen LogP contribution >= 0.6 is 0 Å². The van der Waals surface area contributed by atoms with Crippen LogP contribution in [0.5, 0.6) is 0 Å². The zero-order valence-corrected chi connectivity index (χ0v) is 10.8. The normalized spacial score (nSPS) is 15.7. The Balaban J connectivity index is 2.10. The minimum absolute atomic E-state index is 0.828. The van der Waals surface area contributed by atoms with Crippen LogP contribution in [0.1, 0.15) is 12.8 Å². The molecule has 2 heterocycles. The third-order valence-electron chi connectivity index (χ3n) is 4.12. The molecule has 0 saturated carbocycles. The molecule has 1 saturated heterocycles. The number of anilines is 2. The molecular weight excluding hydrogens is 234 g/mol. The van der Waals surface area contributed by atoms with E-state index in [1.807, 2.05) is 6.07 Å². The molecule has 3 nitrogen and oxygen atoms in total. The quantitative estimate of drug-likeness (QED) is 0.650. The third-order valence-corrected chi connectivity index (χ3v) is 4.12.